The highest BCUT2D eigenvalue weighted by molar-refractivity contribution is 5.28. The van der Waals surface area contributed by atoms with Gasteiger partial charge in [0.15, 0.2) is 0 Å². The summed E-state index contributed by atoms with van der Waals surface area (Å²) in [5.74, 6) is 7.27. The van der Waals surface area contributed by atoms with E-state index in [-0.39, 0.29) is 6.04 Å². The lowest BCUT2D eigenvalue weighted by Gasteiger charge is -2.16. The average Bonchev–Trinajstić information content (AvgIpc) is 2.56. The van der Waals surface area contributed by atoms with Crippen molar-refractivity contribution in [1.82, 2.24) is 10.4 Å². The molecule has 2 rings (SSSR count). The monoisotopic (exact) mass is 287 g/mol. The van der Waals surface area contributed by atoms with Crippen molar-refractivity contribution in [3.05, 3.63) is 53.9 Å². The zero-order valence-corrected chi connectivity index (χ0v) is 12.4. The third-order valence-corrected chi connectivity index (χ3v) is 3.45. The molecule has 0 aliphatic rings. The van der Waals surface area contributed by atoms with Crippen LogP contribution in [-0.4, -0.2) is 19.2 Å². The molecule has 1 aromatic carbocycles. The van der Waals surface area contributed by atoms with Gasteiger partial charge in [-0.05, 0) is 42.2 Å². The molecule has 2 aromatic rings. The molecule has 1 heterocycles. The third-order valence-electron chi connectivity index (χ3n) is 3.45. The fourth-order valence-electron chi connectivity index (χ4n) is 2.19. The Kier molecular flexibility index (Phi) is 5.54. The molecule has 0 bridgehead atoms. The summed E-state index contributed by atoms with van der Waals surface area (Å²) in [5.41, 5.74) is 5.10. The van der Waals surface area contributed by atoms with Crippen molar-refractivity contribution in [3.8, 4) is 11.5 Å². The lowest BCUT2D eigenvalue weighted by Crippen LogP contribution is -2.28. The molecule has 0 fully saturated rings. The van der Waals surface area contributed by atoms with Crippen LogP contribution in [0.2, 0.25) is 0 Å². The van der Waals surface area contributed by atoms with Gasteiger partial charge in [-0.2, -0.15) is 0 Å². The largest absolute Gasteiger partial charge is 0.497 e. The number of methoxy groups -OCH3 is 2. The highest BCUT2D eigenvalue weighted by Crippen LogP contribution is 2.22. The van der Waals surface area contributed by atoms with Gasteiger partial charge in [-0.25, -0.2) is 0 Å². The van der Waals surface area contributed by atoms with E-state index in [0.717, 1.165) is 29.9 Å². The summed E-state index contributed by atoms with van der Waals surface area (Å²) in [5, 5.41) is 0. The number of benzene rings is 1. The second-order valence-corrected chi connectivity index (χ2v) is 4.76. The molecule has 1 unspecified atom stereocenters. The summed E-state index contributed by atoms with van der Waals surface area (Å²) >= 11 is 0. The van der Waals surface area contributed by atoms with Gasteiger partial charge in [-0.3, -0.25) is 16.3 Å². The zero-order chi connectivity index (χ0) is 15.1. The first-order valence-electron chi connectivity index (χ1n) is 6.85. The van der Waals surface area contributed by atoms with Crippen LogP contribution in [0.4, 0.5) is 0 Å². The smallest absolute Gasteiger partial charge is 0.137 e. The molecule has 0 saturated heterocycles. The lowest BCUT2D eigenvalue weighted by molar-refractivity contribution is 0.410. The van der Waals surface area contributed by atoms with Crippen molar-refractivity contribution in [2.24, 2.45) is 5.84 Å². The Balaban J connectivity index is 2.01. The summed E-state index contributed by atoms with van der Waals surface area (Å²) < 4.78 is 10.3. The van der Waals surface area contributed by atoms with Gasteiger partial charge >= 0.3 is 0 Å². The summed E-state index contributed by atoms with van der Waals surface area (Å²) in [6.07, 6.45) is 5.27. The number of hydrogen-bond donors (Lipinski definition) is 2. The van der Waals surface area contributed by atoms with Gasteiger partial charge in [0.05, 0.1) is 20.4 Å². The first kappa shape index (κ1) is 15.3. The number of nitrogens with two attached hydrogens (primary N) is 1. The maximum Gasteiger partial charge on any atom is 0.137 e. The van der Waals surface area contributed by atoms with Gasteiger partial charge in [0.1, 0.15) is 11.5 Å². The van der Waals surface area contributed by atoms with Crippen molar-refractivity contribution < 1.29 is 9.47 Å². The van der Waals surface area contributed by atoms with Crippen LogP contribution in [0, 0.1) is 0 Å². The molecule has 0 aliphatic carbocycles. The van der Waals surface area contributed by atoms with Crippen molar-refractivity contribution in [2.45, 2.75) is 18.9 Å². The lowest BCUT2D eigenvalue weighted by atomic mass is 10.0. The van der Waals surface area contributed by atoms with E-state index in [2.05, 4.69) is 22.5 Å². The Hall–Kier alpha value is -2.11. The van der Waals surface area contributed by atoms with Crippen LogP contribution in [0.3, 0.4) is 0 Å². The Morgan fingerprint density at radius 1 is 1.10 bits per heavy atom. The molecule has 0 spiro atoms. The molecule has 112 valence electrons. The summed E-state index contributed by atoms with van der Waals surface area (Å²) in [7, 11) is 3.29. The van der Waals surface area contributed by atoms with E-state index in [9.17, 15) is 0 Å². The second kappa shape index (κ2) is 7.61. The predicted octanol–water partition coefficient (Wildman–Crippen LogP) is 2.24. The highest BCUT2D eigenvalue weighted by atomic mass is 16.5. The summed E-state index contributed by atoms with van der Waals surface area (Å²) in [6.45, 7) is 0. The van der Waals surface area contributed by atoms with E-state index in [4.69, 9.17) is 15.3 Å². The fraction of sp³-hybridized carbons (Fsp3) is 0.312. The summed E-state index contributed by atoms with van der Waals surface area (Å²) in [6, 6.07) is 10.0. The topological polar surface area (TPSA) is 69.4 Å². The van der Waals surface area contributed by atoms with Crippen LogP contribution >= 0.6 is 0 Å². The standard InChI is InChI=1S/C16H21N3O2/c1-20-14-6-3-12(4-7-14)5-8-16(19-17)13-9-15(21-2)11-18-10-13/h3-4,6-7,9-11,16,19H,5,8,17H2,1-2H3. The number of hydrogen-bond acceptors (Lipinski definition) is 5. The molecule has 5 nitrogen and oxygen atoms in total. The first-order valence-corrected chi connectivity index (χ1v) is 6.85. The normalized spacial score (nSPS) is 12.0. The molecule has 0 radical (unpaired) electrons. The quantitative estimate of drug-likeness (QED) is 0.604. The maximum atomic E-state index is 5.67. The molecular weight excluding hydrogens is 266 g/mol. The van der Waals surface area contributed by atoms with E-state index in [1.54, 1.807) is 26.6 Å². The van der Waals surface area contributed by atoms with Crippen molar-refractivity contribution in [3.63, 3.8) is 0 Å². The molecule has 0 amide bonds. The number of rotatable bonds is 7. The predicted molar refractivity (Wildman–Crippen MR) is 82.2 cm³/mol. The van der Waals surface area contributed by atoms with Gasteiger partial charge in [-0.1, -0.05) is 12.1 Å². The third kappa shape index (κ3) is 4.18. The Morgan fingerprint density at radius 3 is 2.43 bits per heavy atom. The van der Waals surface area contributed by atoms with E-state index in [1.165, 1.54) is 5.56 Å². The SMILES string of the molecule is COc1ccc(CCC(NN)c2cncc(OC)c2)cc1. The Bertz CT molecular complexity index is 558. The average molecular weight is 287 g/mol. The van der Waals surface area contributed by atoms with Crippen LogP contribution in [0.15, 0.2) is 42.7 Å². The van der Waals surface area contributed by atoms with Crippen LogP contribution < -0.4 is 20.7 Å². The van der Waals surface area contributed by atoms with Gasteiger partial charge in [0, 0.05) is 12.2 Å². The number of aryl methyl sites for hydroxylation is 1. The molecular formula is C16H21N3O2. The molecule has 0 aliphatic heterocycles. The molecule has 3 N–H and O–H groups in total. The van der Waals surface area contributed by atoms with Gasteiger partial charge in [0.25, 0.3) is 0 Å². The van der Waals surface area contributed by atoms with Crippen molar-refractivity contribution in [1.29, 1.82) is 0 Å². The zero-order valence-electron chi connectivity index (χ0n) is 12.4. The van der Waals surface area contributed by atoms with Crippen LogP contribution in [0.25, 0.3) is 0 Å². The van der Waals surface area contributed by atoms with E-state index in [1.807, 2.05) is 18.2 Å². The van der Waals surface area contributed by atoms with Gasteiger partial charge in [-0.15, -0.1) is 0 Å². The second-order valence-electron chi connectivity index (χ2n) is 4.76. The molecule has 1 atom stereocenters. The van der Waals surface area contributed by atoms with E-state index < -0.39 is 0 Å². The Morgan fingerprint density at radius 2 is 1.81 bits per heavy atom. The number of ether oxygens (including phenoxy) is 2. The fourth-order valence-corrected chi connectivity index (χ4v) is 2.19. The molecule has 5 heteroatoms. The van der Waals surface area contributed by atoms with Crippen LogP contribution in [0.1, 0.15) is 23.6 Å². The number of pyridine rings is 1. The van der Waals surface area contributed by atoms with Crippen molar-refractivity contribution in [2.75, 3.05) is 14.2 Å². The van der Waals surface area contributed by atoms with Crippen molar-refractivity contribution >= 4 is 0 Å². The first-order chi connectivity index (χ1) is 10.3. The number of hydrazine groups is 1. The number of nitrogens with one attached hydrogen (secondary N) is 1. The number of aromatic nitrogens is 1. The van der Waals surface area contributed by atoms with Crippen LogP contribution in [0.5, 0.6) is 11.5 Å². The highest BCUT2D eigenvalue weighted by Gasteiger charge is 2.11. The number of nitrogens with zero attached hydrogens (tertiary/aromatic N) is 1. The Labute approximate surface area is 125 Å². The minimum Gasteiger partial charge on any atom is -0.497 e. The minimum atomic E-state index is 0.0368. The van der Waals surface area contributed by atoms with E-state index >= 15 is 0 Å². The molecule has 0 saturated carbocycles. The maximum absolute atomic E-state index is 5.67. The van der Waals surface area contributed by atoms with E-state index in [0.29, 0.717) is 0 Å². The molecule has 21 heavy (non-hydrogen) atoms. The van der Waals surface area contributed by atoms with Gasteiger partial charge < -0.3 is 9.47 Å². The summed E-state index contributed by atoms with van der Waals surface area (Å²) in [4.78, 5) is 4.16. The molecule has 1 aromatic heterocycles. The van der Waals surface area contributed by atoms with Crippen LogP contribution in [-0.2, 0) is 6.42 Å². The van der Waals surface area contributed by atoms with Gasteiger partial charge in [0.2, 0.25) is 0 Å². The minimum absolute atomic E-state index is 0.0368.